The molecule has 0 bridgehead atoms. The molecule has 1 amide bonds. The van der Waals surface area contributed by atoms with E-state index in [1.807, 2.05) is 54.6 Å². The smallest absolute Gasteiger partial charge is 0.251 e. The predicted molar refractivity (Wildman–Crippen MR) is 111 cm³/mol. The van der Waals surface area contributed by atoms with Crippen LogP contribution in [0, 0.1) is 0 Å². The standard InChI is InChI=1S/C22H22N2O4S/c1-2-24-29(26,27)21-13-7-9-18(15-21)22(25)23-16-17-8-6-12-20(14-17)28-19-10-4-3-5-11-19/h3-15,24H,2,16H2,1H3,(H,23,25). The van der Waals surface area contributed by atoms with E-state index in [0.717, 1.165) is 11.3 Å². The Morgan fingerprint density at radius 2 is 1.62 bits per heavy atom. The number of benzene rings is 3. The van der Waals surface area contributed by atoms with Crippen LogP contribution in [0.15, 0.2) is 83.8 Å². The summed E-state index contributed by atoms with van der Waals surface area (Å²) in [4.78, 5) is 12.5. The van der Waals surface area contributed by atoms with Gasteiger partial charge in [-0.1, -0.05) is 43.3 Å². The second-order valence-corrected chi connectivity index (χ2v) is 8.04. The van der Waals surface area contributed by atoms with Gasteiger partial charge in [-0.3, -0.25) is 4.79 Å². The van der Waals surface area contributed by atoms with Gasteiger partial charge in [0.25, 0.3) is 5.91 Å². The lowest BCUT2D eigenvalue weighted by molar-refractivity contribution is 0.0950. The molecule has 0 aliphatic carbocycles. The van der Waals surface area contributed by atoms with E-state index in [1.54, 1.807) is 19.1 Å². The van der Waals surface area contributed by atoms with E-state index >= 15 is 0 Å². The second-order valence-electron chi connectivity index (χ2n) is 6.27. The molecule has 0 saturated heterocycles. The van der Waals surface area contributed by atoms with E-state index in [0.29, 0.717) is 5.75 Å². The highest BCUT2D eigenvalue weighted by Crippen LogP contribution is 2.21. The van der Waals surface area contributed by atoms with Gasteiger partial charge in [0.15, 0.2) is 0 Å². The zero-order valence-electron chi connectivity index (χ0n) is 16.0. The minimum atomic E-state index is -3.62. The average Bonchev–Trinajstić information content (AvgIpc) is 2.73. The Labute approximate surface area is 170 Å². The Kier molecular flexibility index (Phi) is 6.64. The molecule has 0 heterocycles. The summed E-state index contributed by atoms with van der Waals surface area (Å²) in [5.41, 5.74) is 1.14. The molecular weight excluding hydrogens is 388 g/mol. The molecule has 0 aromatic heterocycles. The van der Waals surface area contributed by atoms with Crippen molar-refractivity contribution in [1.82, 2.24) is 10.0 Å². The SMILES string of the molecule is CCNS(=O)(=O)c1cccc(C(=O)NCc2cccc(Oc3ccccc3)c2)c1. The lowest BCUT2D eigenvalue weighted by Crippen LogP contribution is -2.25. The van der Waals surface area contributed by atoms with E-state index in [9.17, 15) is 13.2 Å². The largest absolute Gasteiger partial charge is 0.457 e. The molecule has 0 radical (unpaired) electrons. The molecule has 0 aliphatic rings. The van der Waals surface area contributed by atoms with Gasteiger partial charge in [0.05, 0.1) is 4.90 Å². The maximum absolute atomic E-state index is 12.5. The zero-order chi connectivity index (χ0) is 20.7. The number of hydrogen-bond donors (Lipinski definition) is 2. The highest BCUT2D eigenvalue weighted by atomic mass is 32.2. The van der Waals surface area contributed by atoms with Gasteiger partial charge in [-0.25, -0.2) is 13.1 Å². The van der Waals surface area contributed by atoms with Crippen LogP contribution in [0.5, 0.6) is 11.5 Å². The Morgan fingerprint density at radius 3 is 2.38 bits per heavy atom. The molecule has 3 aromatic carbocycles. The van der Waals surface area contributed by atoms with Crippen molar-refractivity contribution in [2.45, 2.75) is 18.4 Å². The predicted octanol–water partition coefficient (Wildman–Crippen LogP) is 3.71. The van der Waals surface area contributed by atoms with Gasteiger partial charge in [0, 0.05) is 18.7 Å². The van der Waals surface area contributed by atoms with Crippen LogP contribution < -0.4 is 14.8 Å². The van der Waals surface area contributed by atoms with Gasteiger partial charge < -0.3 is 10.1 Å². The molecule has 150 valence electrons. The summed E-state index contributed by atoms with van der Waals surface area (Å²) in [7, 11) is -3.62. The van der Waals surface area contributed by atoms with Crippen LogP contribution in [0.3, 0.4) is 0 Å². The number of rotatable bonds is 8. The molecular formula is C22H22N2O4S. The first-order chi connectivity index (χ1) is 14.0. The fourth-order valence-electron chi connectivity index (χ4n) is 2.71. The number of para-hydroxylation sites is 1. The molecule has 0 spiro atoms. The van der Waals surface area contributed by atoms with Crippen LogP contribution in [0.1, 0.15) is 22.8 Å². The molecule has 3 aromatic rings. The Morgan fingerprint density at radius 1 is 0.897 bits per heavy atom. The van der Waals surface area contributed by atoms with Gasteiger partial charge in [0.2, 0.25) is 10.0 Å². The summed E-state index contributed by atoms with van der Waals surface area (Å²) in [5.74, 6) is 1.04. The van der Waals surface area contributed by atoms with Crippen molar-refractivity contribution < 1.29 is 17.9 Å². The summed E-state index contributed by atoms with van der Waals surface area (Å²) in [6, 6.07) is 22.8. The summed E-state index contributed by atoms with van der Waals surface area (Å²) in [5, 5.41) is 2.81. The normalized spacial score (nSPS) is 11.1. The Hall–Kier alpha value is -3.16. The van der Waals surface area contributed by atoms with Crippen molar-refractivity contribution in [2.75, 3.05) is 6.54 Å². The van der Waals surface area contributed by atoms with Crippen LogP contribution in [0.2, 0.25) is 0 Å². The molecule has 0 saturated carbocycles. The van der Waals surface area contributed by atoms with E-state index < -0.39 is 10.0 Å². The molecule has 0 unspecified atom stereocenters. The molecule has 0 atom stereocenters. The minimum absolute atomic E-state index is 0.0604. The molecule has 2 N–H and O–H groups in total. The van der Waals surface area contributed by atoms with Crippen molar-refractivity contribution in [3.05, 3.63) is 90.0 Å². The van der Waals surface area contributed by atoms with Gasteiger partial charge in [0.1, 0.15) is 11.5 Å². The molecule has 7 heteroatoms. The van der Waals surface area contributed by atoms with Crippen LogP contribution in [0.4, 0.5) is 0 Å². The number of nitrogens with one attached hydrogen (secondary N) is 2. The van der Waals surface area contributed by atoms with Crippen molar-refractivity contribution in [2.24, 2.45) is 0 Å². The lowest BCUT2D eigenvalue weighted by Gasteiger charge is -2.10. The number of hydrogen-bond acceptors (Lipinski definition) is 4. The topological polar surface area (TPSA) is 84.5 Å². The minimum Gasteiger partial charge on any atom is -0.457 e. The fourth-order valence-corrected chi connectivity index (χ4v) is 3.79. The molecule has 0 fully saturated rings. The Balaban J connectivity index is 1.66. The van der Waals surface area contributed by atoms with Crippen LogP contribution in [-0.2, 0) is 16.6 Å². The Bertz CT molecular complexity index is 1080. The molecule has 29 heavy (non-hydrogen) atoms. The number of amides is 1. The highest BCUT2D eigenvalue weighted by Gasteiger charge is 2.15. The summed E-state index contributed by atoms with van der Waals surface area (Å²) < 4.78 is 32.4. The molecule has 6 nitrogen and oxygen atoms in total. The summed E-state index contributed by atoms with van der Waals surface area (Å²) in [6.07, 6.45) is 0. The van der Waals surface area contributed by atoms with Crippen molar-refractivity contribution in [3.63, 3.8) is 0 Å². The van der Waals surface area contributed by atoms with Crippen LogP contribution in [0.25, 0.3) is 0 Å². The number of ether oxygens (including phenoxy) is 1. The van der Waals surface area contributed by atoms with Gasteiger partial charge in [-0.05, 0) is 48.0 Å². The van der Waals surface area contributed by atoms with Gasteiger partial charge in [-0.15, -0.1) is 0 Å². The first kappa shape index (κ1) is 20.6. The van der Waals surface area contributed by atoms with E-state index in [2.05, 4.69) is 10.0 Å². The van der Waals surface area contributed by atoms with Crippen LogP contribution in [-0.4, -0.2) is 20.9 Å². The third-order valence-electron chi connectivity index (χ3n) is 4.07. The maximum atomic E-state index is 12.5. The molecule has 0 aliphatic heterocycles. The van der Waals surface area contributed by atoms with Gasteiger partial charge >= 0.3 is 0 Å². The first-order valence-electron chi connectivity index (χ1n) is 9.18. The first-order valence-corrected chi connectivity index (χ1v) is 10.7. The van der Waals surface area contributed by atoms with Crippen LogP contribution >= 0.6 is 0 Å². The monoisotopic (exact) mass is 410 g/mol. The zero-order valence-corrected chi connectivity index (χ0v) is 16.8. The molecule has 3 rings (SSSR count). The van der Waals surface area contributed by atoms with E-state index in [-0.39, 0.29) is 29.5 Å². The average molecular weight is 410 g/mol. The highest BCUT2D eigenvalue weighted by molar-refractivity contribution is 7.89. The van der Waals surface area contributed by atoms with Crippen molar-refractivity contribution in [3.8, 4) is 11.5 Å². The quantitative estimate of drug-likeness (QED) is 0.593. The number of carbonyl (C=O) groups excluding carboxylic acids is 1. The van der Waals surface area contributed by atoms with Crippen molar-refractivity contribution >= 4 is 15.9 Å². The third kappa shape index (κ3) is 5.66. The maximum Gasteiger partial charge on any atom is 0.251 e. The van der Waals surface area contributed by atoms with E-state index in [4.69, 9.17) is 4.74 Å². The van der Waals surface area contributed by atoms with Gasteiger partial charge in [-0.2, -0.15) is 0 Å². The third-order valence-corrected chi connectivity index (χ3v) is 5.61. The second kappa shape index (κ2) is 9.36. The summed E-state index contributed by atoms with van der Waals surface area (Å²) in [6.45, 7) is 2.26. The fraction of sp³-hybridized carbons (Fsp3) is 0.136. The van der Waals surface area contributed by atoms with E-state index in [1.165, 1.54) is 12.1 Å². The number of carbonyl (C=O) groups is 1. The lowest BCUT2D eigenvalue weighted by atomic mass is 10.2. The van der Waals surface area contributed by atoms with Crippen molar-refractivity contribution in [1.29, 1.82) is 0 Å². The summed E-state index contributed by atoms with van der Waals surface area (Å²) >= 11 is 0. The number of sulfonamides is 1.